The van der Waals surface area contributed by atoms with Crippen molar-refractivity contribution in [3.8, 4) is 0 Å². The first kappa shape index (κ1) is 18.6. The van der Waals surface area contributed by atoms with E-state index in [1.807, 2.05) is 0 Å². The highest BCUT2D eigenvalue weighted by molar-refractivity contribution is 9.10. The summed E-state index contributed by atoms with van der Waals surface area (Å²) in [5.74, 6) is -1.03. The summed E-state index contributed by atoms with van der Waals surface area (Å²) in [6.45, 7) is 3.45. The van der Waals surface area contributed by atoms with Crippen LogP contribution in [0.2, 0.25) is 0 Å². The monoisotopic (exact) mass is 414 g/mol. The molecule has 0 spiro atoms. The van der Waals surface area contributed by atoms with Crippen molar-refractivity contribution in [3.05, 3.63) is 58.3 Å². The number of amides is 1. The van der Waals surface area contributed by atoms with Crippen LogP contribution in [0.4, 0.5) is 10.1 Å². The maximum Gasteiger partial charge on any atom is 0.256 e. The fourth-order valence-electron chi connectivity index (χ4n) is 1.97. The van der Waals surface area contributed by atoms with Crippen molar-refractivity contribution in [1.29, 1.82) is 0 Å². The van der Waals surface area contributed by atoms with Gasteiger partial charge in [0.1, 0.15) is 5.82 Å². The van der Waals surface area contributed by atoms with Gasteiger partial charge in [0.2, 0.25) is 10.0 Å². The first-order chi connectivity index (χ1) is 11.2. The van der Waals surface area contributed by atoms with E-state index in [2.05, 4.69) is 26.0 Å². The fraction of sp³-hybridized carbons (Fsp3) is 0.188. The van der Waals surface area contributed by atoms with Gasteiger partial charge in [-0.25, -0.2) is 17.5 Å². The van der Waals surface area contributed by atoms with Gasteiger partial charge in [-0.1, -0.05) is 0 Å². The number of carbonyl (C=O) groups excluding carboxylic acids is 1. The molecule has 0 aromatic heterocycles. The van der Waals surface area contributed by atoms with Gasteiger partial charge in [-0.3, -0.25) is 4.79 Å². The van der Waals surface area contributed by atoms with E-state index in [4.69, 9.17) is 0 Å². The number of rotatable bonds is 5. The normalized spacial score (nSPS) is 11.5. The molecular weight excluding hydrogens is 399 g/mol. The number of hydrogen-bond donors (Lipinski definition) is 2. The third kappa shape index (κ3) is 4.62. The molecular formula is C16H16BrFN2O3S. The van der Waals surface area contributed by atoms with Gasteiger partial charge in [0.05, 0.1) is 10.5 Å². The molecule has 0 aliphatic rings. The second kappa shape index (κ2) is 7.42. The van der Waals surface area contributed by atoms with Crippen LogP contribution in [-0.2, 0) is 10.0 Å². The van der Waals surface area contributed by atoms with E-state index < -0.39 is 21.7 Å². The van der Waals surface area contributed by atoms with Gasteiger partial charge in [0.15, 0.2) is 0 Å². The highest BCUT2D eigenvalue weighted by Crippen LogP contribution is 2.20. The van der Waals surface area contributed by atoms with Crippen LogP contribution >= 0.6 is 15.9 Å². The highest BCUT2D eigenvalue weighted by atomic mass is 79.9. The molecule has 1 amide bonds. The molecule has 0 heterocycles. The zero-order valence-corrected chi connectivity index (χ0v) is 15.4. The molecule has 0 bridgehead atoms. The van der Waals surface area contributed by atoms with Gasteiger partial charge in [0.25, 0.3) is 5.91 Å². The molecule has 0 radical (unpaired) electrons. The van der Waals surface area contributed by atoms with Crippen LogP contribution in [0.1, 0.15) is 24.2 Å². The Balaban J connectivity index is 2.17. The highest BCUT2D eigenvalue weighted by Gasteiger charge is 2.16. The Morgan fingerprint density at radius 1 is 1.12 bits per heavy atom. The van der Waals surface area contributed by atoms with Gasteiger partial charge in [0, 0.05) is 16.2 Å². The Morgan fingerprint density at radius 3 is 2.33 bits per heavy atom. The van der Waals surface area contributed by atoms with Gasteiger partial charge in [-0.15, -0.1) is 0 Å². The van der Waals surface area contributed by atoms with Gasteiger partial charge in [-0.05, 0) is 72.2 Å². The topological polar surface area (TPSA) is 75.3 Å². The van der Waals surface area contributed by atoms with Crippen molar-refractivity contribution < 1.29 is 17.6 Å². The van der Waals surface area contributed by atoms with E-state index >= 15 is 0 Å². The standard InChI is InChI=1S/C16H16BrFN2O3S/c1-10(2)20-24(22,23)13-6-4-12(5-7-13)19-16(21)14-9-11(18)3-8-15(14)17/h3-10,20H,1-2H3,(H,19,21). The van der Waals surface area contributed by atoms with Gasteiger partial charge < -0.3 is 5.32 Å². The van der Waals surface area contributed by atoms with E-state index in [1.165, 1.54) is 36.4 Å². The average Bonchev–Trinajstić information content (AvgIpc) is 2.49. The van der Waals surface area contributed by atoms with Crippen molar-refractivity contribution in [2.24, 2.45) is 0 Å². The minimum Gasteiger partial charge on any atom is -0.322 e. The number of hydrogen-bond acceptors (Lipinski definition) is 3. The molecule has 0 unspecified atom stereocenters. The Bertz CT molecular complexity index is 852. The molecule has 0 atom stereocenters. The summed E-state index contributed by atoms with van der Waals surface area (Å²) in [5, 5.41) is 2.59. The molecule has 2 N–H and O–H groups in total. The number of halogens is 2. The predicted octanol–water partition coefficient (Wildman–Crippen LogP) is 3.53. The number of benzene rings is 2. The average molecular weight is 415 g/mol. The summed E-state index contributed by atoms with van der Waals surface area (Å²) in [4.78, 5) is 12.3. The maximum atomic E-state index is 13.3. The van der Waals surface area contributed by atoms with Crippen molar-refractivity contribution in [1.82, 2.24) is 4.72 Å². The zero-order chi connectivity index (χ0) is 17.9. The van der Waals surface area contributed by atoms with Crippen molar-refractivity contribution in [2.75, 3.05) is 5.32 Å². The molecule has 0 saturated heterocycles. The molecule has 5 nitrogen and oxygen atoms in total. The minimum absolute atomic E-state index is 0.0983. The van der Waals surface area contributed by atoms with Crippen LogP contribution in [-0.4, -0.2) is 20.4 Å². The van der Waals surface area contributed by atoms with Crippen LogP contribution in [0, 0.1) is 5.82 Å². The van der Waals surface area contributed by atoms with Crippen LogP contribution in [0.25, 0.3) is 0 Å². The van der Waals surface area contributed by atoms with E-state index in [1.54, 1.807) is 13.8 Å². The number of nitrogens with one attached hydrogen (secondary N) is 2. The molecule has 8 heteroatoms. The molecule has 0 aliphatic heterocycles. The Morgan fingerprint density at radius 2 is 1.75 bits per heavy atom. The first-order valence-corrected chi connectivity index (χ1v) is 9.35. The summed E-state index contributed by atoms with van der Waals surface area (Å²) in [6.07, 6.45) is 0. The van der Waals surface area contributed by atoms with E-state index in [0.29, 0.717) is 10.2 Å². The first-order valence-electron chi connectivity index (χ1n) is 7.08. The van der Waals surface area contributed by atoms with Crippen molar-refractivity contribution in [3.63, 3.8) is 0 Å². The maximum absolute atomic E-state index is 13.3. The summed E-state index contributed by atoms with van der Waals surface area (Å²) < 4.78 is 40.3. The number of carbonyl (C=O) groups is 1. The second-order valence-corrected chi connectivity index (χ2v) is 7.95. The lowest BCUT2D eigenvalue weighted by Crippen LogP contribution is -2.30. The Labute approximate surface area is 148 Å². The van der Waals surface area contributed by atoms with Crippen LogP contribution < -0.4 is 10.0 Å². The molecule has 2 aromatic carbocycles. The third-order valence-corrected chi connectivity index (χ3v) is 5.35. The van der Waals surface area contributed by atoms with Gasteiger partial charge in [-0.2, -0.15) is 0 Å². The molecule has 0 aliphatic carbocycles. The van der Waals surface area contributed by atoms with E-state index in [-0.39, 0.29) is 16.5 Å². The molecule has 0 fully saturated rings. The molecule has 128 valence electrons. The molecule has 0 saturated carbocycles. The van der Waals surface area contributed by atoms with Crippen molar-refractivity contribution in [2.45, 2.75) is 24.8 Å². The number of sulfonamides is 1. The fourth-order valence-corrected chi connectivity index (χ4v) is 3.64. The molecule has 2 rings (SSSR count). The largest absolute Gasteiger partial charge is 0.322 e. The van der Waals surface area contributed by atoms with Crippen molar-refractivity contribution >= 4 is 37.5 Å². The number of anilines is 1. The summed E-state index contributed by atoms with van der Waals surface area (Å²) in [5.41, 5.74) is 0.549. The van der Waals surface area contributed by atoms with E-state index in [0.717, 1.165) is 6.07 Å². The zero-order valence-electron chi connectivity index (χ0n) is 13.0. The lowest BCUT2D eigenvalue weighted by molar-refractivity contribution is 0.102. The lowest BCUT2D eigenvalue weighted by Gasteiger charge is -2.11. The SMILES string of the molecule is CC(C)NS(=O)(=O)c1ccc(NC(=O)c2cc(F)ccc2Br)cc1. The quantitative estimate of drug-likeness (QED) is 0.785. The Hall–Kier alpha value is -1.77. The molecule has 24 heavy (non-hydrogen) atoms. The Kier molecular flexibility index (Phi) is 5.74. The minimum atomic E-state index is -3.59. The van der Waals surface area contributed by atoms with Crippen LogP contribution in [0.5, 0.6) is 0 Å². The summed E-state index contributed by atoms with van der Waals surface area (Å²) in [7, 11) is -3.59. The smallest absolute Gasteiger partial charge is 0.256 e. The lowest BCUT2D eigenvalue weighted by atomic mass is 10.2. The van der Waals surface area contributed by atoms with Crippen LogP contribution in [0.3, 0.4) is 0 Å². The summed E-state index contributed by atoms with van der Waals surface area (Å²) >= 11 is 3.19. The van der Waals surface area contributed by atoms with Crippen LogP contribution in [0.15, 0.2) is 51.8 Å². The van der Waals surface area contributed by atoms with E-state index in [9.17, 15) is 17.6 Å². The third-order valence-electron chi connectivity index (χ3n) is 2.99. The second-order valence-electron chi connectivity index (χ2n) is 5.38. The molecule has 2 aromatic rings. The summed E-state index contributed by atoms with van der Waals surface area (Å²) in [6, 6.07) is 9.30. The predicted molar refractivity (Wildman–Crippen MR) is 94.0 cm³/mol. The van der Waals surface area contributed by atoms with Gasteiger partial charge >= 0.3 is 0 Å².